The minimum atomic E-state index is -1.63. The SMILES string of the molecule is N#Cc1cc(F)c(C(O)C(O)CCl)cc1F. The van der Waals surface area contributed by atoms with Gasteiger partial charge in [-0.1, -0.05) is 0 Å². The maximum absolute atomic E-state index is 13.3. The Hall–Kier alpha value is -1.22. The van der Waals surface area contributed by atoms with Crippen molar-refractivity contribution in [2.75, 3.05) is 5.88 Å². The molecule has 0 fully saturated rings. The van der Waals surface area contributed by atoms with E-state index in [-0.39, 0.29) is 5.88 Å². The fraction of sp³-hybridized carbons (Fsp3) is 0.300. The van der Waals surface area contributed by atoms with Gasteiger partial charge in [-0.05, 0) is 12.1 Å². The first-order chi connectivity index (χ1) is 7.51. The van der Waals surface area contributed by atoms with Gasteiger partial charge in [0.1, 0.15) is 23.8 Å². The van der Waals surface area contributed by atoms with Crippen LogP contribution < -0.4 is 0 Å². The Morgan fingerprint density at radius 2 is 1.94 bits per heavy atom. The Morgan fingerprint density at radius 1 is 1.31 bits per heavy atom. The molecule has 0 amide bonds. The van der Waals surface area contributed by atoms with Gasteiger partial charge >= 0.3 is 0 Å². The number of aliphatic hydroxyl groups is 2. The molecule has 2 unspecified atom stereocenters. The minimum Gasteiger partial charge on any atom is -0.389 e. The fourth-order valence-electron chi connectivity index (χ4n) is 1.17. The van der Waals surface area contributed by atoms with Crippen LogP contribution in [0.5, 0.6) is 0 Å². The Labute approximate surface area is 95.5 Å². The molecule has 0 spiro atoms. The molecule has 2 N–H and O–H groups in total. The van der Waals surface area contributed by atoms with Gasteiger partial charge in [-0.25, -0.2) is 8.78 Å². The molecule has 16 heavy (non-hydrogen) atoms. The van der Waals surface area contributed by atoms with E-state index in [4.69, 9.17) is 16.9 Å². The Bertz CT molecular complexity index is 434. The van der Waals surface area contributed by atoms with Crippen LogP contribution in [0.15, 0.2) is 12.1 Å². The summed E-state index contributed by atoms with van der Waals surface area (Å²) in [7, 11) is 0. The van der Waals surface area contributed by atoms with E-state index in [0.717, 1.165) is 0 Å². The highest BCUT2D eigenvalue weighted by atomic mass is 35.5. The van der Waals surface area contributed by atoms with Crippen molar-refractivity contribution in [3.05, 3.63) is 34.9 Å². The molecule has 6 heteroatoms. The molecule has 0 bridgehead atoms. The number of rotatable bonds is 3. The maximum Gasteiger partial charge on any atom is 0.141 e. The lowest BCUT2D eigenvalue weighted by Crippen LogP contribution is -2.21. The predicted octanol–water partition coefficient (Wildman–Crippen LogP) is 1.47. The smallest absolute Gasteiger partial charge is 0.141 e. The molecule has 0 aliphatic rings. The molecule has 0 aromatic heterocycles. The van der Waals surface area contributed by atoms with Crippen LogP contribution in [0.25, 0.3) is 0 Å². The van der Waals surface area contributed by atoms with Crippen LogP contribution >= 0.6 is 11.6 Å². The monoisotopic (exact) mass is 247 g/mol. The van der Waals surface area contributed by atoms with Gasteiger partial charge in [0.2, 0.25) is 0 Å². The third-order valence-electron chi connectivity index (χ3n) is 2.05. The second kappa shape index (κ2) is 5.21. The van der Waals surface area contributed by atoms with Gasteiger partial charge in [-0.2, -0.15) is 5.26 Å². The normalized spacial score (nSPS) is 14.2. The number of aliphatic hydroxyl groups excluding tert-OH is 2. The zero-order valence-corrected chi connectivity index (χ0v) is 8.75. The van der Waals surface area contributed by atoms with E-state index < -0.39 is 35.0 Å². The van der Waals surface area contributed by atoms with Gasteiger partial charge in [0.25, 0.3) is 0 Å². The Balaban J connectivity index is 3.17. The van der Waals surface area contributed by atoms with E-state index in [9.17, 15) is 19.0 Å². The molecule has 1 aromatic rings. The van der Waals surface area contributed by atoms with Gasteiger partial charge in [0, 0.05) is 5.56 Å². The number of nitriles is 1. The van der Waals surface area contributed by atoms with Crippen molar-refractivity contribution >= 4 is 11.6 Å². The van der Waals surface area contributed by atoms with Crippen molar-refractivity contribution < 1.29 is 19.0 Å². The van der Waals surface area contributed by atoms with Gasteiger partial charge in [-0.3, -0.25) is 0 Å². The number of hydrogen-bond donors (Lipinski definition) is 2. The summed E-state index contributed by atoms with van der Waals surface area (Å²) in [5.74, 6) is -2.24. The first-order valence-electron chi connectivity index (χ1n) is 4.32. The summed E-state index contributed by atoms with van der Waals surface area (Å²) in [6, 6.07) is 2.80. The highest BCUT2D eigenvalue weighted by Gasteiger charge is 2.22. The zero-order valence-electron chi connectivity index (χ0n) is 7.99. The maximum atomic E-state index is 13.3. The van der Waals surface area contributed by atoms with Crippen LogP contribution in [0.4, 0.5) is 8.78 Å². The van der Waals surface area contributed by atoms with E-state index >= 15 is 0 Å². The third kappa shape index (κ3) is 2.47. The van der Waals surface area contributed by atoms with Crippen LogP contribution in [0.3, 0.4) is 0 Å². The fourth-order valence-corrected chi connectivity index (χ4v) is 1.33. The molecule has 0 heterocycles. The van der Waals surface area contributed by atoms with Crippen molar-refractivity contribution in [1.82, 2.24) is 0 Å². The molecular weight excluding hydrogens is 240 g/mol. The first kappa shape index (κ1) is 12.8. The summed E-state index contributed by atoms with van der Waals surface area (Å²) in [4.78, 5) is 0. The van der Waals surface area contributed by atoms with E-state index in [1.165, 1.54) is 6.07 Å². The summed E-state index contributed by atoms with van der Waals surface area (Å²) in [5.41, 5.74) is -0.890. The summed E-state index contributed by atoms with van der Waals surface area (Å²) in [6.07, 6.45) is -3.02. The molecule has 0 aliphatic heterocycles. The molecule has 2 atom stereocenters. The largest absolute Gasteiger partial charge is 0.389 e. The number of halogens is 3. The van der Waals surface area contributed by atoms with Crippen molar-refractivity contribution in [1.29, 1.82) is 5.26 Å². The summed E-state index contributed by atoms with van der Waals surface area (Å²) in [5, 5.41) is 27.1. The molecule has 1 aromatic carbocycles. The summed E-state index contributed by atoms with van der Waals surface area (Å²) < 4.78 is 26.5. The summed E-state index contributed by atoms with van der Waals surface area (Å²) >= 11 is 5.27. The lowest BCUT2D eigenvalue weighted by atomic mass is 10.0. The van der Waals surface area contributed by atoms with Crippen LogP contribution in [0.2, 0.25) is 0 Å². The van der Waals surface area contributed by atoms with Crippen molar-refractivity contribution in [3.8, 4) is 6.07 Å². The highest BCUT2D eigenvalue weighted by molar-refractivity contribution is 6.18. The van der Waals surface area contributed by atoms with E-state index in [2.05, 4.69) is 0 Å². The van der Waals surface area contributed by atoms with Crippen LogP contribution in [0.1, 0.15) is 17.2 Å². The van der Waals surface area contributed by atoms with Crippen LogP contribution in [-0.2, 0) is 0 Å². The molecule has 0 aliphatic carbocycles. The number of alkyl halides is 1. The quantitative estimate of drug-likeness (QED) is 0.795. The molecule has 86 valence electrons. The summed E-state index contributed by atoms with van der Waals surface area (Å²) in [6.45, 7) is 0. The second-order valence-electron chi connectivity index (χ2n) is 3.13. The minimum absolute atomic E-state index is 0.317. The van der Waals surface area contributed by atoms with E-state index in [1.807, 2.05) is 0 Å². The topological polar surface area (TPSA) is 64.2 Å². The molecule has 1 rings (SSSR count). The Morgan fingerprint density at radius 3 is 2.44 bits per heavy atom. The molecule has 0 saturated heterocycles. The van der Waals surface area contributed by atoms with E-state index in [1.54, 1.807) is 0 Å². The first-order valence-corrected chi connectivity index (χ1v) is 4.85. The van der Waals surface area contributed by atoms with Crippen LogP contribution in [-0.4, -0.2) is 22.2 Å². The van der Waals surface area contributed by atoms with Gasteiger partial charge in [-0.15, -0.1) is 11.6 Å². The lowest BCUT2D eigenvalue weighted by molar-refractivity contribution is 0.0302. The van der Waals surface area contributed by atoms with Crippen molar-refractivity contribution in [3.63, 3.8) is 0 Å². The van der Waals surface area contributed by atoms with Gasteiger partial charge in [0.05, 0.1) is 17.5 Å². The standard InChI is InChI=1S/C10H8ClF2NO2/c11-3-9(15)10(16)6-2-7(12)5(4-14)1-8(6)13/h1-2,9-10,15-16H,3H2. The third-order valence-corrected chi connectivity index (χ3v) is 2.36. The molecule has 0 saturated carbocycles. The number of benzene rings is 1. The van der Waals surface area contributed by atoms with E-state index in [0.29, 0.717) is 12.1 Å². The average molecular weight is 248 g/mol. The molecule has 0 radical (unpaired) electrons. The average Bonchev–Trinajstić information content (AvgIpc) is 2.29. The molecule has 3 nitrogen and oxygen atoms in total. The van der Waals surface area contributed by atoms with Gasteiger partial charge < -0.3 is 10.2 Å². The zero-order chi connectivity index (χ0) is 12.3. The number of nitrogens with zero attached hydrogens (tertiary/aromatic N) is 1. The van der Waals surface area contributed by atoms with Crippen molar-refractivity contribution in [2.24, 2.45) is 0 Å². The molecular formula is C10H8ClF2NO2. The Kier molecular flexibility index (Phi) is 4.19. The van der Waals surface area contributed by atoms with Gasteiger partial charge in [0.15, 0.2) is 0 Å². The highest BCUT2D eigenvalue weighted by Crippen LogP contribution is 2.23. The van der Waals surface area contributed by atoms with Crippen molar-refractivity contribution in [2.45, 2.75) is 12.2 Å². The second-order valence-corrected chi connectivity index (χ2v) is 3.44. The number of hydrogen-bond acceptors (Lipinski definition) is 3. The van der Waals surface area contributed by atoms with Crippen LogP contribution in [0, 0.1) is 23.0 Å². The predicted molar refractivity (Wildman–Crippen MR) is 52.8 cm³/mol. The lowest BCUT2D eigenvalue weighted by Gasteiger charge is -2.16.